The Morgan fingerprint density at radius 3 is 2.44 bits per heavy atom. The summed E-state index contributed by atoms with van der Waals surface area (Å²) in [6, 6.07) is 23.6. The van der Waals surface area contributed by atoms with Crippen molar-refractivity contribution in [3.8, 4) is 17.1 Å². The highest BCUT2D eigenvalue weighted by molar-refractivity contribution is 7.99. The molecule has 170 valence electrons. The molecule has 0 spiro atoms. The number of nitrogens with zero attached hydrogens (tertiary/aromatic N) is 5. The van der Waals surface area contributed by atoms with E-state index in [1.165, 1.54) is 30.1 Å². The topological polar surface area (TPSA) is 115 Å². The lowest BCUT2D eigenvalue weighted by atomic mass is 10.2. The van der Waals surface area contributed by atoms with Crippen molar-refractivity contribution >= 4 is 29.6 Å². The van der Waals surface area contributed by atoms with Gasteiger partial charge in [0.2, 0.25) is 0 Å². The molecule has 0 atom stereocenters. The Balaban J connectivity index is 1.46. The summed E-state index contributed by atoms with van der Waals surface area (Å²) in [6.07, 6.45) is 1.43. The van der Waals surface area contributed by atoms with Gasteiger partial charge in [0, 0.05) is 23.4 Å². The molecule has 0 aliphatic carbocycles. The van der Waals surface area contributed by atoms with E-state index in [1.807, 2.05) is 66.1 Å². The Hall–Kier alpha value is -4.31. The van der Waals surface area contributed by atoms with Gasteiger partial charge in [-0.05, 0) is 36.8 Å². The van der Waals surface area contributed by atoms with E-state index in [0.717, 1.165) is 16.8 Å². The molecule has 4 rings (SSSR count). The zero-order valence-corrected chi connectivity index (χ0v) is 19.0. The van der Waals surface area contributed by atoms with Crippen LogP contribution in [0.3, 0.4) is 0 Å². The minimum atomic E-state index is -0.474. The summed E-state index contributed by atoms with van der Waals surface area (Å²) in [5.74, 6) is 0.447. The molecule has 0 fully saturated rings. The number of aromatic nitrogens is 3. The fourth-order valence-electron chi connectivity index (χ4n) is 3.09. The lowest BCUT2D eigenvalue weighted by Crippen LogP contribution is -2.20. The molecule has 0 radical (unpaired) electrons. The maximum atomic E-state index is 12.3. The number of amides is 1. The van der Waals surface area contributed by atoms with Crippen LogP contribution in [0.2, 0.25) is 0 Å². The molecule has 0 saturated heterocycles. The van der Waals surface area contributed by atoms with Gasteiger partial charge in [0.1, 0.15) is 0 Å². The molecule has 10 heteroatoms. The highest BCUT2D eigenvalue weighted by atomic mass is 32.2. The quantitative estimate of drug-likeness (QED) is 0.176. The van der Waals surface area contributed by atoms with E-state index < -0.39 is 4.92 Å². The number of carbonyl (C=O) groups excluding carboxylic acids is 1. The maximum absolute atomic E-state index is 12.3. The normalized spacial score (nSPS) is 11.0. The number of benzene rings is 3. The summed E-state index contributed by atoms with van der Waals surface area (Å²) in [4.78, 5) is 22.6. The second kappa shape index (κ2) is 10.5. The number of hydrogen-bond acceptors (Lipinski definition) is 7. The van der Waals surface area contributed by atoms with E-state index in [-0.39, 0.29) is 17.3 Å². The number of rotatable bonds is 8. The number of carbonyl (C=O) groups is 1. The van der Waals surface area contributed by atoms with E-state index in [0.29, 0.717) is 16.5 Å². The van der Waals surface area contributed by atoms with Crippen molar-refractivity contribution in [2.75, 3.05) is 5.75 Å². The number of nitrogens with one attached hydrogen (secondary N) is 1. The Morgan fingerprint density at radius 1 is 1.06 bits per heavy atom. The first-order valence-corrected chi connectivity index (χ1v) is 11.3. The lowest BCUT2D eigenvalue weighted by Gasteiger charge is -2.10. The molecule has 0 saturated carbocycles. The van der Waals surface area contributed by atoms with Crippen LogP contribution in [0.25, 0.3) is 17.1 Å². The first-order chi connectivity index (χ1) is 16.5. The van der Waals surface area contributed by atoms with Gasteiger partial charge in [-0.1, -0.05) is 59.8 Å². The lowest BCUT2D eigenvalue weighted by molar-refractivity contribution is -0.384. The Labute approximate surface area is 199 Å². The molecule has 34 heavy (non-hydrogen) atoms. The zero-order valence-electron chi connectivity index (χ0n) is 18.2. The number of aryl methyl sites for hydroxylation is 1. The fourth-order valence-corrected chi connectivity index (χ4v) is 3.83. The van der Waals surface area contributed by atoms with Crippen LogP contribution in [-0.4, -0.2) is 37.6 Å². The molecule has 0 aliphatic rings. The minimum Gasteiger partial charge on any atom is -0.272 e. The molecule has 1 amide bonds. The van der Waals surface area contributed by atoms with Gasteiger partial charge < -0.3 is 0 Å². The standard InChI is InChI=1S/C24H20N6O3S/c1-17-7-11-20(12-8-17)29-23(19-5-3-2-4-6-19)27-28-24(29)34-16-22(31)26-25-15-18-9-13-21(14-10-18)30(32)33/h2-15H,16H2,1H3,(H,26,31)/b25-15-. The van der Waals surface area contributed by atoms with E-state index in [2.05, 4.69) is 20.7 Å². The smallest absolute Gasteiger partial charge is 0.269 e. The van der Waals surface area contributed by atoms with Crippen molar-refractivity contribution < 1.29 is 9.72 Å². The third-order valence-corrected chi connectivity index (χ3v) is 5.73. The van der Waals surface area contributed by atoms with Crippen LogP contribution in [0, 0.1) is 17.0 Å². The van der Waals surface area contributed by atoms with Crippen molar-refractivity contribution in [2.24, 2.45) is 5.10 Å². The van der Waals surface area contributed by atoms with Gasteiger partial charge in [-0.15, -0.1) is 10.2 Å². The Morgan fingerprint density at radius 2 is 1.76 bits per heavy atom. The van der Waals surface area contributed by atoms with Crippen LogP contribution in [0.5, 0.6) is 0 Å². The molecular formula is C24H20N6O3S. The predicted molar refractivity (Wildman–Crippen MR) is 131 cm³/mol. The first kappa shape index (κ1) is 22.9. The van der Waals surface area contributed by atoms with Gasteiger partial charge in [0.15, 0.2) is 11.0 Å². The van der Waals surface area contributed by atoms with Gasteiger partial charge in [0.25, 0.3) is 11.6 Å². The van der Waals surface area contributed by atoms with Crippen LogP contribution >= 0.6 is 11.8 Å². The third-order valence-electron chi connectivity index (χ3n) is 4.80. The average molecular weight is 473 g/mol. The van der Waals surface area contributed by atoms with Gasteiger partial charge in [0.05, 0.1) is 16.9 Å². The Bertz CT molecular complexity index is 1320. The van der Waals surface area contributed by atoms with E-state index in [4.69, 9.17) is 0 Å². The number of non-ortho nitro benzene ring substituents is 1. The zero-order chi connectivity index (χ0) is 23.9. The molecule has 0 unspecified atom stereocenters. The van der Waals surface area contributed by atoms with E-state index >= 15 is 0 Å². The summed E-state index contributed by atoms with van der Waals surface area (Å²) in [7, 11) is 0. The van der Waals surface area contributed by atoms with Gasteiger partial charge in [-0.3, -0.25) is 19.5 Å². The summed E-state index contributed by atoms with van der Waals surface area (Å²) in [5, 5.41) is 23.9. The summed E-state index contributed by atoms with van der Waals surface area (Å²) < 4.78 is 1.92. The van der Waals surface area contributed by atoms with Gasteiger partial charge in [-0.2, -0.15) is 5.10 Å². The van der Waals surface area contributed by atoms with Crippen molar-refractivity contribution in [1.82, 2.24) is 20.2 Å². The van der Waals surface area contributed by atoms with Crippen LogP contribution in [0.4, 0.5) is 5.69 Å². The minimum absolute atomic E-state index is 0.00912. The van der Waals surface area contributed by atoms with Crippen LogP contribution in [-0.2, 0) is 4.79 Å². The first-order valence-electron chi connectivity index (χ1n) is 10.3. The van der Waals surface area contributed by atoms with Crippen molar-refractivity contribution in [3.05, 3.63) is 100 Å². The second-order valence-corrected chi connectivity index (χ2v) is 8.22. The molecule has 1 N–H and O–H groups in total. The van der Waals surface area contributed by atoms with Crippen LogP contribution in [0.15, 0.2) is 89.1 Å². The average Bonchev–Trinajstić information content (AvgIpc) is 3.28. The van der Waals surface area contributed by atoms with E-state index in [9.17, 15) is 14.9 Å². The summed E-state index contributed by atoms with van der Waals surface area (Å²) >= 11 is 1.25. The van der Waals surface area contributed by atoms with Gasteiger partial charge >= 0.3 is 0 Å². The van der Waals surface area contributed by atoms with E-state index in [1.54, 1.807) is 12.1 Å². The molecular weight excluding hydrogens is 452 g/mol. The Kier molecular flexibility index (Phi) is 7.09. The van der Waals surface area contributed by atoms with Crippen molar-refractivity contribution in [3.63, 3.8) is 0 Å². The molecule has 0 aliphatic heterocycles. The largest absolute Gasteiger partial charge is 0.272 e. The highest BCUT2D eigenvalue weighted by Gasteiger charge is 2.17. The summed E-state index contributed by atoms with van der Waals surface area (Å²) in [6.45, 7) is 2.02. The second-order valence-electron chi connectivity index (χ2n) is 7.27. The fraction of sp³-hybridized carbons (Fsp3) is 0.0833. The van der Waals surface area contributed by atoms with Crippen LogP contribution < -0.4 is 5.43 Å². The number of nitro benzene ring substituents is 1. The molecule has 3 aromatic carbocycles. The third kappa shape index (κ3) is 5.54. The van der Waals surface area contributed by atoms with Crippen molar-refractivity contribution in [2.45, 2.75) is 12.1 Å². The monoisotopic (exact) mass is 472 g/mol. The highest BCUT2D eigenvalue weighted by Crippen LogP contribution is 2.28. The molecule has 1 heterocycles. The molecule has 0 bridgehead atoms. The van der Waals surface area contributed by atoms with Crippen molar-refractivity contribution in [1.29, 1.82) is 0 Å². The number of hydrazone groups is 1. The number of nitro groups is 1. The molecule has 1 aromatic heterocycles. The predicted octanol–water partition coefficient (Wildman–Crippen LogP) is 4.39. The molecule has 9 nitrogen and oxygen atoms in total. The number of hydrogen-bond donors (Lipinski definition) is 1. The SMILES string of the molecule is Cc1ccc(-n2c(SCC(=O)N/N=C\c3ccc([N+](=O)[O-])cc3)nnc2-c2ccccc2)cc1. The van der Waals surface area contributed by atoms with Gasteiger partial charge in [-0.25, -0.2) is 5.43 Å². The molecule has 4 aromatic rings. The number of thioether (sulfide) groups is 1. The summed E-state index contributed by atoms with van der Waals surface area (Å²) in [5.41, 5.74) is 6.03. The maximum Gasteiger partial charge on any atom is 0.269 e. The van der Waals surface area contributed by atoms with Crippen LogP contribution in [0.1, 0.15) is 11.1 Å².